The van der Waals surface area contributed by atoms with Crippen molar-refractivity contribution in [1.29, 1.82) is 0 Å². The van der Waals surface area contributed by atoms with Crippen molar-refractivity contribution in [3.05, 3.63) is 53.4 Å². The van der Waals surface area contributed by atoms with Crippen LogP contribution in [0, 0.1) is 12.7 Å². The van der Waals surface area contributed by atoms with E-state index < -0.39 is 0 Å². The molecule has 1 aromatic carbocycles. The van der Waals surface area contributed by atoms with Crippen LogP contribution < -0.4 is 5.73 Å². The summed E-state index contributed by atoms with van der Waals surface area (Å²) >= 11 is 0. The molecule has 0 saturated carbocycles. The van der Waals surface area contributed by atoms with Crippen LogP contribution in [0.4, 0.5) is 10.1 Å². The number of hydrogen-bond donors (Lipinski definition) is 1. The van der Waals surface area contributed by atoms with Gasteiger partial charge in [0.15, 0.2) is 0 Å². The van der Waals surface area contributed by atoms with Crippen molar-refractivity contribution in [2.75, 3.05) is 5.73 Å². The van der Waals surface area contributed by atoms with E-state index in [0.29, 0.717) is 23.5 Å². The molecule has 4 heteroatoms. The molecule has 0 radical (unpaired) electrons. The third-order valence-corrected chi connectivity index (χ3v) is 2.31. The maximum absolute atomic E-state index is 13.0. The highest BCUT2D eigenvalue weighted by Gasteiger charge is 2.02. The van der Waals surface area contributed by atoms with Crippen LogP contribution in [-0.4, -0.2) is 9.97 Å². The van der Waals surface area contributed by atoms with Crippen molar-refractivity contribution in [2.24, 2.45) is 0 Å². The Balaban J connectivity index is 2.20. The second kappa shape index (κ2) is 4.26. The first-order chi connectivity index (χ1) is 7.65. The predicted molar refractivity (Wildman–Crippen MR) is 60.4 cm³/mol. The molecule has 82 valence electrons. The van der Waals surface area contributed by atoms with Crippen LogP contribution >= 0.6 is 0 Å². The molecule has 0 saturated heterocycles. The van der Waals surface area contributed by atoms with Gasteiger partial charge in [0.05, 0.1) is 18.1 Å². The number of hydrogen-bond acceptors (Lipinski definition) is 3. The van der Waals surface area contributed by atoms with Crippen molar-refractivity contribution in [3.63, 3.8) is 0 Å². The molecule has 0 atom stereocenters. The molecule has 1 heterocycles. The largest absolute Gasteiger partial charge is 0.396 e. The van der Waals surface area contributed by atoms with E-state index in [1.165, 1.54) is 6.07 Å². The second-order valence-electron chi connectivity index (χ2n) is 3.69. The van der Waals surface area contributed by atoms with E-state index in [-0.39, 0.29) is 5.82 Å². The number of aryl methyl sites for hydroxylation is 1. The molecule has 0 spiro atoms. The molecule has 2 rings (SSSR count). The van der Waals surface area contributed by atoms with Gasteiger partial charge in [-0.25, -0.2) is 14.4 Å². The number of nitrogens with zero attached hydrogens (tertiary/aromatic N) is 2. The summed E-state index contributed by atoms with van der Waals surface area (Å²) in [5, 5.41) is 0. The molecule has 3 nitrogen and oxygen atoms in total. The van der Waals surface area contributed by atoms with Crippen molar-refractivity contribution >= 4 is 5.69 Å². The van der Waals surface area contributed by atoms with Gasteiger partial charge in [-0.1, -0.05) is 12.1 Å². The molecule has 0 amide bonds. The van der Waals surface area contributed by atoms with Crippen molar-refractivity contribution in [1.82, 2.24) is 9.97 Å². The molecule has 0 aliphatic heterocycles. The van der Waals surface area contributed by atoms with Gasteiger partial charge in [0.1, 0.15) is 11.6 Å². The van der Waals surface area contributed by atoms with Gasteiger partial charge in [-0.15, -0.1) is 0 Å². The summed E-state index contributed by atoms with van der Waals surface area (Å²) < 4.78 is 13.0. The summed E-state index contributed by atoms with van der Waals surface area (Å²) in [6.07, 6.45) is 3.72. The number of anilines is 1. The van der Waals surface area contributed by atoms with Gasteiger partial charge in [0.25, 0.3) is 0 Å². The first-order valence-electron chi connectivity index (χ1n) is 4.96. The Labute approximate surface area is 93.2 Å². The zero-order valence-electron chi connectivity index (χ0n) is 8.94. The fourth-order valence-electron chi connectivity index (χ4n) is 1.46. The van der Waals surface area contributed by atoms with Crippen molar-refractivity contribution in [3.8, 4) is 0 Å². The normalized spacial score (nSPS) is 10.4. The smallest absolute Gasteiger partial charge is 0.132 e. The van der Waals surface area contributed by atoms with E-state index in [4.69, 9.17) is 5.73 Å². The number of nitrogens with two attached hydrogens (primary N) is 1. The second-order valence-corrected chi connectivity index (χ2v) is 3.69. The Hall–Kier alpha value is -1.97. The lowest BCUT2D eigenvalue weighted by Crippen LogP contribution is -1.98. The predicted octanol–water partition coefficient (Wildman–Crippen LogP) is 2.10. The van der Waals surface area contributed by atoms with Crippen LogP contribution in [0.15, 0.2) is 30.6 Å². The number of rotatable bonds is 2. The maximum Gasteiger partial charge on any atom is 0.132 e. The lowest BCUT2D eigenvalue weighted by atomic mass is 10.1. The lowest BCUT2D eigenvalue weighted by molar-refractivity contribution is 0.617. The number of benzene rings is 1. The Morgan fingerprint density at radius 1 is 1.25 bits per heavy atom. The standard InChI is InChI=1S/C12H12FN3/c1-8-4-9(2-3-11(8)13)5-12-15-6-10(14)7-16-12/h2-4,6-7H,5,14H2,1H3. The third-order valence-electron chi connectivity index (χ3n) is 2.31. The zero-order valence-corrected chi connectivity index (χ0v) is 8.94. The molecular formula is C12H12FN3. The average Bonchev–Trinajstić information content (AvgIpc) is 2.27. The van der Waals surface area contributed by atoms with E-state index in [2.05, 4.69) is 9.97 Å². The molecular weight excluding hydrogens is 205 g/mol. The topological polar surface area (TPSA) is 51.8 Å². The number of nitrogen functional groups attached to an aromatic ring is 1. The van der Waals surface area contributed by atoms with Crippen LogP contribution in [0.5, 0.6) is 0 Å². The molecule has 1 aromatic heterocycles. The maximum atomic E-state index is 13.0. The van der Waals surface area contributed by atoms with Crippen LogP contribution in [0.3, 0.4) is 0 Å². The Morgan fingerprint density at radius 3 is 2.56 bits per heavy atom. The highest BCUT2D eigenvalue weighted by Crippen LogP contribution is 2.12. The highest BCUT2D eigenvalue weighted by molar-refractivity contribution is 5.31. The van der Waals surface area contributed by atoms with Crippen LogP contribution in [0.25, 0.3) is 0 Å². The number of aromatic nitrogens is 2. The molecule has 0 aliphatic carbocycles. The molecule has 0 aliphatic rings. The fourth-order valence-corrected chi connectivity index (χ4v) is 1.46. The quantitative estimate of drug-likeness (QED) is 0.838. The van der Waals surface area contributed by atoms with Gasteiger partial charge in [-0.2, -0.15) is 0 Å². The summed E-state index contributed by atoms with van der Waals surface area (Å²) in [6.45, 7) is 1.74. The SMILES string of the molecule is Cc1cc(Cc2ncc(N)cn2)ccc1F. The van der Waals surface area contributed by atoms with E-state index in [0.717, 1.165) is 5.56 Å². The van der Waals surface area contributed by atoms with Gasteiger partial charge in [0, 0.05) is 6.42 Å². The fraction of sp³-hybridized carbons (Fsp3) is 0.167. The Bertz CT molecular complexity index is 494. The highest BCUT2D eigenvalue weighted by atomic mass is 19.1. The Morgan fingerprint density at radius 2 is 1.94 bits per heavy atom. The van der Waals surface area contributed by atoms with Crippen LogP contribution in [-0.2, 0) is 6.42 Å². The van der Waals surface area contributed by atoms with Crippen molar-refractivity contribution in [2.45, 2.75) is 13.3 Å². The number of halogens is 1. The first-order valence-corrected chi connectivity index (χ1v) is 4.96. The van der Waals surface area contributed by atoms with Crippen LogP contribution in [0.2, 0.25) is 0 Å². The molecule has 2 aromatic rings. The zero-order chi connectivity index (χ0) is 11.5. The van der Waals surface area contributed by atoms with Gasteiger partial charge >= 0.3 is 0 Å². The average molecular weight is 217 g/mol. The summed E-state index contributed by atoms with van der Waals surface area (Å²) in [5.74, 6) is 0.488. The van der Waals surface area contributed by atoms with E-state index >= 15 is 0 Å². The Kier molecular flexibility index (Phi) is 2.81. The molecule has 2 N–H and O–H groups in total. The lowest BCUT2D eigenvalue weighted by Gasteiger charge is -2.03. The van der Waals surface area contributed by atoms with E-state index in [9.17, 15) is 4.39 Å². The van der Waals surface area contributed by atoms with Gasteiger partial charge in [-0.05, 0) is 24.1 Å². The molecule has 0 bridgehead atoms. The minimum atomic E-state index is -0.193. The van der Waals surface area contributed by atoms with E-state index in [1.807, 2.05) is 0 Å². The molecule has 0 unspecified atom stereocenters. The summed E-state index contributed by atoms with van der Waals surface area (Å²) in [5.41, 5.74) is 7.65. The van der Waals surface area contributed by atoms with Crippen LogP contribution in [0.1, 0.15) is 17.0 Å². The summed E-state index contributed by atoms with van der Waals surface area (Å²) in [4.78, 5) is 8.19. The monoisotopic (exact) mass is 217 g/mol. The van der Waals surface area contributed by atoms with Gasteiger partial charge in [0.2, 0.25) is 0 Å². The van der Waals surface area contributed by atoms with Gasteiger partial charge in [-0.3, -0.25) is 0 Å². The summed E-state index contributed by atoms with van der Waals surface area (Å²) in [6, 6.07) is 5.00. The van der Waals surface area contributed by atoms with E-state index in [1.54, 1.807) is 31.5 Å². The minimum Gasteiger partial charge on any atom is -0.396 e. The summed E-state index contributed by atoms with van der Waals surface area (Å²) in [7, 11) is 0. The molecule has 0 fully saturated rings. The molecule has 16 heavy (non-hydrogen) atoms. The van der Waals surface area contributed by atoms with Crippen molar-refractivity contribution < 1.29 is 4.39 Å². The first kappa shape index (κ1) is 10.5. The van der Waals surface area contributed by atoms with Gasteiger partial charge < -0.3 is 5.73 Å². The minimum absolute atomic E-state index is 0.193. The third kappa shape index (κ3) is 2.34.